The lowest BCUT2D eigenvalue weighted by atomic mass is 10.1. The molecule has 5 heteroatoms. The highest BCUT2D eigenvalue weighted by molar-refractivity contribution is 5.45. The molecule has 3 N–H and O–H groups in total. The molecule has 2 rings (SSSR count). The van der Waals surface area contributed by atoms with E-state index in [1.807, 2.05) is 0 Å². The van der Waals surface area contributed by atoms with Crippen molar-refractivity contribution >= 4 is 5.69 Å². The van der Waals surface area contributed by atoms with E-state index in [1.165, 1.54) is 36.4 Å². The van der Waals surface area contributed by atoms with Crippen molar-refractivity contribution in [1.29, 1.82) is 0 Å². The molecule has 2 aromatic rings. The number of rotatable bonds is 4. The zero-order valence-electron chi connectivity index (χ0n) is 10.0. The van der Waals surface area contributed by atoms with Gasteiger partial charge >= 0.3 is 0 Å². The summed E-state index contributed by atoms with van der Waals surface area (Å²) >= 11 is 0. The van der Waals surface area contributed by atoms with Crippen LogP contribution in [0, 0.1) is 17.5 Å². The van der Waals surface area contributed by atoms with E-state index in [0.717, 1.165) is 6.07 Å². The number of halogens is 3. The number of hydrogen-bond donors (Lipinski definition) is 2. The molecule has 100 valence electrons. The first-order valence-corrected chi connectivity index (χ1v) is 5.76. The van der Waals surface area contributed by atoms with Crippen LogP contribution in [0.1, 0.15) is 11.6 Å². The van der Waals surface area contributed by atoms with Gasteiger partial charge in [-0.3, -0.25) is 0 Å². The smallest absolute Gasteiger partial charge is 0.126 e. The van der Waals surface area contributed by atoms with Crippen molar-refractivity contribution in [3.63, 3.8) is 0 Å². The molecule has 0 saturated heterocycles. The van der Waals surface area contributed by atoms with Gasteiger partial charge in [-0.05, 0) is 42.0 Å². The van der Waals surface area contributed by atoms with Gasteiger partial charge in [-0.1, -0.05) is 0 Å². The molecule has 0 heterocycles. The molecular formula is C14H13F3N2. The normalized spacial score (nSPS) is 12.2. The average molecular weight is 266 g/mol. The minimum absolute atomic E-state index is 0.153. The van der Waals surface area contributed by atoms with E-state index >= 15 is 0 Å². The summed E-state index contributed by atoms with van der Waals surface area (Å²) in [5.41, 5.74) is 6.63. The predicted octanol–water partition coefficient (Wildman–Crippen LogP) is 3.22. The number of hydrogen-bond acceptors (Lipinski definition) is 2. The molecule has 19 heavy (non-hydrogen) atoms. The van der Waals surface area contributed by atoms with Crippen LogP contribution in [0.4, 0.5) is 18.9 Å². The van der Waals surface area contributed by atoms with Gasteiger partial charge < -0.3 is 11.1 Å². The third-order valence-corrected chi connectivity index (χ3v) is 2.71. The number of nitrogens with two attached hydrogens (primary N) is 1. The van der Waals surface area contributed by atoms with E-state index < -0.39 is 17.7 Å². The van der Waals surface area contributed by atoms with Crippen molar-refractivity contribution in [1.82, 2.24) is 0 Å². The topological polar surface area (TPSA) is 38.0 Å². The summed E-state index contributed by atoms with van der Waals surface area (Å²) in [6.45, 7) is 0.153. The second-order valence-electron chi connectivity index (χ2n) is 4.14. The molecule has 2 aromatic carbocycles. The van der Waals surface area contributed by atoms with Crippen LogP contribution in [0.3, 0.4) is 0 Å². The van der Waals surface area contributed by atoms with Gasteiger partial charge in [0.1, 0.15) is 17.5 Å². The second-order valence-corrected chi connectivity index (χ2v) is 4.14. The van der Waals surface area contributed by atoms with Gasteiger partial charge in [0, 0.05) is 18.3 Å². The molecule has 0 amide bonds. The van der Waals surface area contributed by atoms with Gasteiger partial charge in [-0.25, -0.2) is 13.2 Å². The molecule has 0 aliphatic heterocycles. The maximum absolute atomic E-state index is 13.2. The maximum atomic E-state index is 13.2. The van der Waals surface area contributed by atoms with Crippen LogP contribution < -0.4 is 11.1 Å². The second kappa shape index (κ2) is 5.75. The molecule has 0 saturated carbocycles. The molecule has 2 nitrogen and oxygen atoms in total. The zero-order chi connectivity index (χ0) is 13.8. The molecule has 0 fully saturated rings. The summed E-state index contributed by atoms with van der Waals surface area (Å²) in [5, 5.41) is 3.00. The number of anilines is 1. The standard InChI is InChI=1S/C14H13F3N2/c15-10-1-3-13(4-2-10)19-14(8-18)9-5-11(16)7-12(17)6-9/h1-7,14,19H,8,18H2. The van der Waals surface area contributed by atoms with Crippen molar-refractivity contribution in [2.75, 3.05) is 11.9 Å². The van der Waals surface area contributed by atoms with Crippen LogP contribution in [0.25, 0.3) is 0 Å². The van der Waals surface area contributed by atoms with Crippen LogP contribution in [0.15, 0.2) is 42.5 Å². The molecule has 0 aliphatic carbocycles. The highest BCUT2D eigenvalue weighted by atomic mass is 19.1. The van der Waals surface area contributed by atoms with E-state index in [2.05, 4.69) is 5.32 Å². The van der Waals surface area contributed by atoms with Crippen molar-refractivity contribution < 1.29 is 13.2 Å². The summed E-state index contributed by atoms with van der Waals surface area (Å²) in [5.74, 6) is -1.67. The molecule has 1 atom stereocenters. The maximum Gasteiger partial charge on any atom is 0.126 e. The quantitative estimate of drug-likeness (QED) is 0.891. The van der Waals surface area contributed by atoms with Gasteiger partial charge in [0.2, 0.25) is 0 Å². The largest absolute Gasteiger partial charge is 0.377 e. The number of nitrogens with one attached hydrogen (secondary N) is 1. The Morgan fingerprint density at radius 2 is 1.47 bits per heavy atom. The Bertz CT molecular complexity index is 535. The highest BCUT2D eigenvalue weighted by Gasteiger charge is 2.12. The lowest BCUT2D eigenvalue weighted by molar-refractivity contribution is 0.576. The van der Waals surface area contributed by atoms with E-state index in [9.17, 15) is 13.2 Å². The van der Waals surface area contributed by atoms with Crippen LogP contribution in [0.5, 0.6) is 0 Å². The minimum Gasteiger partial charge on any atom is -0.377 e. The van der Waals surface area contributed by atoms with Crippen molar-refractivity contribution in [3.8, 4) is 0 Å². The third-order valence-electron chi connectivity index (χ3n) is 2.71. The van der Waals surface area contributed by atoms with Crippen LogP contribution in [-0.4, -0.2) is 6.54 Å². The van der Waals surface area contributed by atoms with Crippen LogP contribution >= 0.6 is 0 Å². The lowest BCUT2D eigenvalue weighted by Gasteiger charge is -2.18. The fourth-order valence-electron chi connectivity index (χ4n) is 1.80. The average Bonchev–Trinajstić information content (AvgIpc) is 2.37. The SMILES string of the molecule is NCC(Nc1ccc(F)cc1)c1cc(F)cc(F)c1. The van der Waals surface area contributed by atoms with E-state index in [4.69, 9.17) is 5.73 Å². The van der Waals surface area contributed by atoms with Crippen molar-refractivity contribution in [2.45, 2.75) is 6.04 Å². The summed E-state index contributed by atoms with van der Waals surface area (Å²) in [6.07, 6.45) is 0. The third kappa shape index (κ3) is 3.48. The first-order chi connectivity index (χ1) is 9.08. The Labute approximate surface area is 109 Å². The lowest BCUT2D eigenvalue weighted by Crippen LogP contribution is -2.21. The molecule has 0 bridgehead atoms. The minimum atomic E-state index is -0.658. The van der Waals surface area contributed by atoms with E-state index in [1.54, 1.807) is 0 Å². The first-order valence-electron chi connectivity index (χ1n) is 5.76. The predicted molar refractivity (Wildman–Crippen MR) is 68.2 cm³/mol. The molecule has 0 aromatic heterocycles. The Morgan fingerprint density at radius 3 is 2.00 bits per heavy atom. The fraction of sp³-hybridized carbons (Fsp3) is 0.143. The van der Waals surface area contributed by atoms with Crippen LogP contribution in [-0.2, 0) is 0 Å². The zero-order valence-corrected chi connectivity index (χ0v) is 10.0. The van der Waals surface area contributed by atoms with E-state index in [-0.39, 0.29) is 12.4 Å². The van der Waals surface area contributed by atoms with Crippen molar-refractivity contribution in [2.24, 2.45) is 5.73 Å². The fourth-order valence-corrected chi connectivity index (χ4v) is 1.80. The molecule has 1 unspecified atom stereocenters. The van der Waals surface area contributed by atoms with Crippen molar-refractivity contribution in [3.05, 3.63) is 65.5 Å². The first kappa shape index (κ1) is 13.4. The summed E-state index contributed by atoms with van der Waals surface area (Å²) < 4.78 is 39.1. The van der Waals surface area contributed by atoms with Gasteiger partial charge in [0.05, 0.1) is 6.04 Å². The molecule has 0 spiro atoms. The van der Waals surface area contributed by atoms with Gasteiger partial charge in [0.15, 0.2) is 0 Å². The van der Waals surface area contributed by atoms with Crippen LogP contribution in [0.2, 0.25) is 0 Å². The Morgan fingerprint density at radius 1 is 0.895 bits per heavy atom. The van der Waals surface area contributed by atoms with Gasteiger partial charge in [-0.2, -0.15) is 0 Å². The number of benzene rings is 2. The molecular weight excluding hydrogens is 253 g/mol. The molecule has 0 radical (unpaired) electrons. The summed E-state index contributed by atoms with van der Waals surface area (Å²) in [7, 11) is 0. The highest BCUT2D eigenvalue weighted by Crippen LogP contribution is 2.21. The van der Waals surface area contributed by atoms with Gasteiger partial charge in [0.25, 0.3) is 0 Å². The van der Waals surface area contributed by atoms with E-state index in [0.29, 0.717) is 11.3 Å². The van der Waals surface area contributed by atoms with Gasteiger partial charge in [-0.15, -0.1) is 0 Å². The summed E-state index contributed by atoms with van der Waals surface area (Å²) in [6, 6.07) is 8.45. The molecule has 0 aliphatic rings. The summed E-state index contributed by atoms with van der Waals surface area (Å²) in [4.78, 5) is 0. The Balaban J connectivity index is 2.22. The monoisotopic (exact) mass is 266 g/mol. The Hall–Kier alpha value is -2.01. The Kier molecular flexibility index (Phi) is 4.06.